The summed E-state index contributed by atoms with van der Waals surface area (Å²) in [4.78, 5) is 76.9. The maximum Gasteiger partial charge on any atom is 0.196 e. The summed E-state index contributed by atoms with van der Waals surface area (Å²) in [6, 6.07) is 56.3. The van der Waals surface area contributed by atoms with Gasteiger partial charge in [0.25, 0.3) is 0 Å². The van der Waals surface area contributed by atoms with Crippen LogP contribution >= 0.6 is 0 Å². The van der Waals surface area contributed by atoms with Crippen molar-refractivity contribution in [3.63, 3.8) is 0 Å². The molecule has 0 aromatic heterocycles. The second-order valence-electron chi connectivity index (χ2n) is 18.9. The van der Waals surface area contributed by atoms with Crippen LogP contribution in [0.4, 0.5) is 45.5 Å². The van der Waals surface area contributed by atoms with Crippen LogP contribution in [-0.2, 0) is 0 Å². The summed E-state index contributed by atoms with van der Waals surface area (Å²) in [7, 11) is 0. The highest BCUT2D eigenvalue weighted by Gasteiger charge is 2.19. The van der Waals surface area contributed by atoms with Gasteiger partial charge >= 0.3 is 0 Å². The van der Waals surface area contributed by atoms with Gasteiger partial charge in [-0.1, -0.05) is 97.1 Å². The summed E-state index contributed by atoms with van der Waals surface area (Å²) in [6.45, 7) is 0.426. The maximum atomic E-state index is 14.4. The molecule has 0 saturated heterocycles. The number of rotatable bonds is 0. The minimum atomic E-state index is -0.343. The van der Waals surface area contributed by atoms with E-state index in [1.54, 1.807) is 146 Å². The van der Waals surface area contributed by atoms with Crippen LogP contribution in [0, 0.1) is 0 Å². The Bertz CT molecular complexity index is 3580. The molecule has 3 heterocycles. The van der Waals surface area contributed by atoms with Gasteiger partial charge in [0.15, 0.2) is 23.1 Å². The van der Waals surface area contributed by atoms with E-state index in [4.69, 9.17) is 38.9 Å². The SMILES string of the molecule is O=C1C2=CNc3ccccc3N=C/C(=C/Nc3ccccc3N=C2)C(=O)c2cccc(c2)OCCOc2cccc(c2)C(=O)/C2=C\Nc3ccccc3N=CC(=CNc3ccccc3N=C2)C(=O)c2cccc(c2)OCCOc2cccc1c2. The van der Waals surface area contributed by atoms with Crippen LogP contribution in [0.1, 0.15) is 41.4 Å². The van der Waals surface area contributed by atoms with E-state index in [1.807, 2.05) is 72.8 Å². The third-order valence-electron chi connectivity index (χ3n) is 13.2. The Morgan fingerprint density at radius 3 is 0.738 bits per heavy atom. The Hall–Kier alpha value is -11.5. The van der Waals surface area contributed by atoms with E-state index >= 15 is 0 Å². The molecule has 0 fully saturated rings. The fourth-order valence-corrected chi connectivity index (χ4v) is 8.87. The topological polar surface area (TPSA) is 203 Å². The fraction of sp³-hybridized carbons (Fsp3) is 0.0588. The van der Waals surface area contributed by atoms with Crippen LogP contribution < -0.4 is 40.2 Å². The Balaban J connectivity index is 0.934. The zero-order chi connectivity index (χ0) is 57.5. The van der Waals surface area contributed by atoms with Gasteiger partial charge in [-0.2, -0.15) is 0 Å². The summed E-state index contributed by atoms with van der Waals surface area (Å²) in [6.07, 6.45) is 12.2. The molecule has 0 atom stereocenters. The number of aliphatic imine (C=N–C) groups is 4. The van der Waals surface area contributed by atoms with Gasteiger partial charge in [0.05, 0.1) is 67.8 Å². The molecular formula is C68H52N8O8. The van der Waals surface area contributed by atoms with E-state index in [1.165, 1.54) is 24.9 Å². The zero-order valence-corrected chi connectivity index (χ0v) is 45.0. The lowest BCUT2D eigenvalue weighted by molar-refractivity contribution is 0.103. The summed E-state index contributed by atoms with van der Waals surface area (Å²) in [5, 5.41) is 13.0. The van der Waals surface area contributed by atoms with Crippen molar-refractivity contribution in [2.75, 3.05) is 47.7 Å². The number of hydrogen-bond acceptors (Lipinski definition) is 16. The summed E-state index contributed by atoms with van der Waals surface area (Å²) in [5.41, 5.74) is 6.44. The monoisotopic (exact) mass is 1110 g/mol. The number of nitrogens with zero attached hydrogens (tertiary/aromatic N) is 4. The zero-order valence-electron chi connectivity index (χ0n) is 45.0. The number of allylic oxidation sites excluding steroid dienone is 4. The molecule has 0 aliphatic carbocycles. The predicted molar refractivity (Wildman–Crippen MR) is 330 cm³/mol. The predicted octanol–water partition coefficient (Wildman–Crippen LogP) is 13.9. The van der Waals surface area contributed by atoms with Gasteiger partial charge in [-0.25, -0.2) is 0 Å². The van der Waals surface area contributed by atoms with Crippen molar-refractivity contribution in [3.05, 3.63) is 263 Å². The van der Waals surface area contributed by atoms with Crippen LogP contribution in [0.25, 0.3) is 0 Å². The molecule has 0 unspecified atom stereocenters. The lowest BCUT2D eigenvalue weighted by Gasteiger charge is -2.12. The molecule has 8 aromatic rings. The highest BCUT2D eigenvalue weighted by Crippen LogP contribution is 2.31. The molecule has 3 aliphatic heterocycles. The van der Waals surface area contributed by atoms with Gasteiger partial charge in [-0.15, -0.1) is 0 Å². The van der Waals surface area contributed by atoms with Crippen molar-refractivity contribution in [1.82, 2.24) is 0 Å². The molecule has 8 aromatic carbocycles. The number of hydrogen-bond donors (Lipinski definition) is 4. The molecule has 16 heteroatoms. The quantitative estimate of drug-likeness (QED) is 0.112. The summed E-state index contributed by atoms with van der Waals surface area (Å²) >= 11 is 0. The minimum Gasteiger partial charge on any atom is -0.490 e. The van der Waals surface area contributed by atoms with Crippen molar-refractivity contribution in [1.29, 1.82) is 0 Å². The van der Waals surface area contributed by atoms with Gasteiger partial charge < -0.3 is 40.2 Å². The lowest BCUT2D eigenvalue weighted by Crippen LogP contribution is -2.12. The number of anilines is 4. The Labute approximate surface area is 483 Å². The van der Waals surface area contributed by atoms with Gasteiger partial charge in [0.2, 0.25) is 0 Å². The Kier molecular flexibility index (Phi) is 17.0. The third kappa shape index (κ3) is 13.5. The Morgan fingerprint density at radius 2 is 0.500 bits per heavy atom. The molecule has 4 N–H and O–H groups in total. The number of fused-ring (bicyclic) bond motifs is 14. The minimum absolute atomic E-state index is 0.106. The van der Waals surface area contributed by atoms with Gasteiger partial charge in [0.1, 0.15) is 49.4 Å². The van der Waals surface area contributed by atoms with Crippen molar-refractivity contribution in [3.8, 4) is 23.0 Å². The molecule has 84 heavy (non-hydrogen) atoms. The molecule has 412 valence electrons. The highest BCUT2D eigenvalue weighted by atomic mass is 16.5. The third-order valence-corrected chi connectivity index (χ3v) is 13.2. The largest absolute Gasteiger partial charge is 0.490 e. The van der Waals surface area contributed by atoms with E-state index < -0.39 is 0 Å². The van der Waals surface area contributed by atoms with Crippen LogP contribution in [0.2, 0.25) is 0 Å². The Morgan fingerprint density at radius 1 is 0.274 bits per heavy atom. The molecular weight excluding hydrogens is 1060 g/mol. The second kappa shape index (κ2) is 26.2. The first-order chi connectivity index (χ1) is 41.3. The van der Waals surface area contributed by atoms with Gasteiger partial charge in [0, 0.05) is 71.9 Å². The molecule has 0 amide bonds. The number of ketones is 4. The standard InChI is InChI=1S/C68H52N8O8/c77-65-45-13-9-17-53(33-45)81-29-30-83-55-19-11-15-47(35-55)67(79)51-41-73-61-25-5-7-27-63(61)75-43-52(44-76-64-28-8-6-26-62(64)74-42-51)68(80)48-16-12-20-56(36-48)84-32-31-82-54-18-10-14-46(34-54)66(78)50-38-70-58-22-2-1-21-57(58)69-37-49(65)39-71-59-23-3-4-24-60(59)72-40-50/h1-28,33-44,69,72-73,76H,29-32H2/b49-37-,50-40?,51-41-,52-44?,70-38?,71-39?,74-42?,75-43?. The first-order valence-corrected chi connectivity index (χ1v) is 26.8. The number of ether oxygens (including phenoxy) is 4. The molecule has 0 spiro atoms. The fourth-order valence-electron chi connectivity index (χ4n) is 8.87. The highest BCUT2D eigenvalue weighted by molar-refractivity contribution is 6.24. The van der Waals surface area contributed by atoms with Crippen molar-refractivity contribution < 1.29 is 38.1 Å². The average Bonchev–Trinajstić information content (AvgIpc) is 3.74. The van der Waals surface area contributed by atoms with Gasteiger partial charge in [-0.3, -0.25) is 39.1 Å². The smallest absolute Gasteiger partial charge is 0.196 e. The number of carbonyl (C=O) groups excluding carboxylic acids is 4. The number of Topliss-reactive ketones (excluding diaryl/α,β-unsaturated/α-hetero) is 4. The number of nitrogens with one attached hydrogen (secondary N) is 4. The van der Waals surface area contributed by atoms with Crippen LogP contribution in [-0.4, -0.2) is 74.4 Å². The first kappa shape index (κ1) is 54.4. The molecule has 11 rings (SSSR count). The maximum absolute atomic E-state index is 14.4. The van der Waals surface area contributed by atoms with E-state index in [-0.39, 0.29) is 71.9 Å². The van der Waals surface area contributed by atoms with Crippen LogP contribution in [0.3, 0.4) is 0 Å². The second-order valence-corrected chi connectivity index (χ2v) is 18.9. The molecule has 16 nitrogen and oxygen atoms in total. The van der Waals surface area contributed by atoms with Crippen molar-refractivity contribution >= 4 is 93.5 Å². The summed E-state index contributed by atoms with van der Waals surface area (Å²) < 4.78 is 24.5. The lowest BCUT2D eigenvalue weighted by atomic mass is 10.0. The molecule has 12 bridgehead atoms. The first-order valence-electron chi connectivity index (χ1n) is 26.8. The molecule has 3 aliphatic rings. The summed E-state index contributed by atoms with van der Waals surface area (Å²) in [5.74, 6) is 0.337. The average molecular weight is 1110 g/mol. The van der Waals surface area contributed by atoms with Gasteiger partial charge in [-0.05, 0) is 97.1 Å². The van der Waals surface area contributed by atoms with Crippen molar-refractivity contribution in [2.24, 2.45) is 20.0 Å². The van der Waals surface area contributed by atoms with Crippen LogP contribution in [0.5, 0.6) is 23.0 Å². The number of benzene rings is 8. The number of carbonyl (C=O) groups is 4. The van der Waals surface area contributed by atoms with Crippen molar-refractivity contribution in [2.45, 2.75) is 0 Å². The van der Waals surface area contributed by atoms with E-state index in [0.717, 1.165) is 0 Å². The van der Waals surface area contributed by atoms with E-state index in [2.05, 4.69) is 21.3 Å². The van der Waals surface area contributed by atoms with E-state index in [0.29, 0.717) is 90.8 Å². The number of para-hydroxylation sites is 8. The normalized spacial score (nSPS) is 16.2. The van der Waals surface area contributed by atoms with Crippen LogP contribution in [0.15, 0.2) is 261 Å². The molecule has 0 radical (unpaired) electrons. The molecule has 0 saturated carbocycles. The van der Waals surface area contributed by atoms with E-state index in [9.17, 15) is 19.2 Å².